The highest BCUT2D eigenvalue weighted by molar-refractivity contribution is 7.80. The van der Waals surface area contributed by atoms with E-state index in [1.165, 1.54) is 10.5 Å². The summed E-state index contributed by atoms with van der Waals surface area (Å²) in [5.74, 6) is -0.0401. The Hall–Kier alpha value is -3.39. The number of rotatable bonds is 9. The Kier molecular flexibility index (Phi) is 7.25. The Bertz CT molecular complexity index is 1020. The molecular weight excluding hydrogens is 416 g/mol. The number of nitrogens with one attached hydrogen (secondary N) is 1. The third-order valence-corrected chi connectivity index (χ3v) is 5.07. The molecule has 0 bridgehead atoms. The smallest absolute Gasteiger partial charge is 0.303 e. The van der Waals surface area contributed by atoms with Crippen LogP contribution < -0.4 is 14.8 Å². The molecule has 2 aromatic carbocycles. The van der Waals surface area contributed by atoms with Crippen LogP contribution in [0.15, 0.2) is 48.2 Å². The highest BCUT2D eigenvalue weighted by Gasteiger charge is 2.30. The number of benzene rings is 2. The summed E-state index contributed by atoms with van der Waals surface area (Å²) < 4.78 is 11.3. The first-order chi connectivity index (χ1) is 14.9. The second-order valence-corrected chi connectivity index (χ2v) is 7.51. The molecule has 0 aliphatic carbocycles. The standard InChI is InChI=1S/C23H24N2O5S/c1-15-5-7-16(8-6-15)14-30-19-10-9-17(13-20(19)29-2)12-18-22(28)25(23(31)24-18)11-3-4-21(26)27/h5-10,12-13H,3-4,11,14H2,1-2H3,(H,24,31)(H,26,27). The van der Waals surface area contributed by atoms with Gasteiger partial charge in [0.05, 0.1) is 7.11 Å². The molecule has 2 N–H and O–H groups in total. The molecule has 1 amide bonds. The van der Waals surface area contributed by atoms with Gasteiger partial charge in [-0.05, 0) is 54.9 Å². The number of aliphatic carboxylic acids is 1. The van der Waals surface area contributed by atoms with Crippen LogP contribution in [0.25, 0.3) is 6.08 Å². The second-order valence-electron chi connectivity index (χ2n) is 7.13. The second kappa shape index (κ2) is 10.1. The van der Waals surface area contributed by atoms with Crippen molar-refractivity contribution in [3.8, 4) is 11.5 Å². The number of carboxylic acids is 1. The van der Waals surface area contributed by atoms with Gasteiger partial charge < -0.3 is 19.9 Å². The molecule has 0 unspecified atom stereocenters. The fraction of sp³-hybridized carbons (Fsp3) is 0.261. The maximum Gasteiger partial charge on any atom is 0.303 e. The average molecular weight is 441 g/mol. The van der Waals surface area contributed by atoms with Crippen LogP contribution in [-0.4, -0.2) is 40.6 Å². The van der Waals surface area contributed by atoms with Gasteiger partial charge in [0.15, 0.2) is 16.6 Å². The largest absolute Gasteiger partial charge is 0.493 e. The topological polar surface area (TPSA) is 88.1 Å². The Balaban J connectivity index is 1.69. The molecule has 162 valence electrons. The number of carbonyl (C=O) groups is 2. The van der Waals surface area contributed by atoms with Crippen LogP contribution in [0.4, 0.5) is 0 Å². The first kappa shape index (κ1) is 22.3. The molecule has 7 nitrogen and oxygen atoms in total. The van der Waals surface area contributed by atoms with Crippen molar-refractivity contribution in [3.63, 3.8) is 0 Å². The van der Waals surface area contributed by atoms with Crippen molar-refractivity contribution < 1.29 is 24.2 Å². The maximum atomic E-state index is 12.6. The Morgan fingerprint density at radius 2 is 1.94 bits per heavy atom. The summed E-state index contributed by atoms with van der Waals surface area (Å²) in [5.41, 5.74) is 3.31. The predicted octanol–water partition coefficient (Wildman–Crippen LogP) is 3.51. The molecule has 0 atom stereocenters. The van der Waals surface area contributed by atoms with E-state index in [9.17, 15) is 9.59 Å². The third-order valence-electron chi connectivity index (χ3n) is 4.75. The Labute approximate surface area is 186 Å². The van der Waals surface area contributed by atoms with Crippen LogP contribution in [-0.2, 0) is 16.2 Å². The van der Waals surface area contributed by atoms with Gasteiger partial charge in [-0.3, -0.25) is 14.5 Å². The van der Waals surface area contributed by atoms with Crippen LogP contribution in [0, 0.1) is 6.92 Å². The summed E-state index contributed by atoms with van der Waals surface area (Å²) in [4.78, 5) is 24.7. The molecule has 0 radical (unpaired) electrons. The number of hydrogen-bond acceptors (Lipinski definition) is 5. The molecule has 3 rings (SSSR count). The lowest BCUT2D eigenvalue weighted by Gasteiger charge is -2.12. The molecule has 1 aliphatic rings. The lowest BCUT2D eigenvalue weighted by atomic mass is 10.1. The molecule has 1 heterocycles. The number of carboxylic acid groups (broad SMARTS) is 1. The minimum Gasteiger partial charge on any atom is -0.493 e. The number of ether oxygens (including phenoxy) is 2. The fourth-order valence-corrected chi connectivity index (χ4v) is 3.35. The summed E-state index contributed by atoms with van der Waals surface area (Å²) in [5, 5.41) is 11.9. The summed E-state index contributed by atoms with van der Waals surface area (Å²) in [7, 11) is 1.56. The zero-order valence-electron chi connectivity index (χ0n) is 17.4. The number of amides is 1. The zero-order chi connectivity index (χ0) is 22.4. The summed E-state index contributed by atoms with van der Waals surface area (Å²) in [6.45, 7) is 2.70. The molecule has 0 saturated carbocycles. The zero-order valence-corrected chi connectivity index (χ0v) is 18.2. The molecule has 31 heavy (non-hydrogen) atoms. The number of nitrogens with zero attached hydrogens (tertiary/aromatic N) is 1. The van der Waals surface area contributed by atoms with E-state index in [2.05, 4.69) is 5.32 Å². The van der Waals surface area contributed by atoms with E-state index in [4.69, 9.17) is 26.8 Å². The Morgan fingerprint density at radius 3 is 2.61 bits per heavy atom. The molecule has 1 saturated heterocycles. The van der Waals surface area contributed by atoms with Gasteiger partial charge in [-0.25, -0.2) is 0 Å². The van der Waals surface area contributed by atoms with Gasteiger partial charge in [0.1, 0.15) is 12.3 Å². The number of methoxy groups -OCH3 is 1. The van der Waals surface area contributed by atoms with Crippen molar-refractivity contribution in [2.45, 2.75) is 26.4 Å². The van der Waals surface area contributed by atoms with Crippen LogP contribution in [0.3, 0.4) is 0 Å². The third kappa shape index (κ3) is 5.82. The van der Waals surface area contributed by atoms with Crippen molar-refractivity contribution in [1.29, 1.82) is 0 Å². The molecule has 2 aromatic rings. The Morgan fingerprint density at radius 1 is 1.19 bits per heavy atom. The van der Waals surface area contributed by atoms with Crippen LogP contribution >= 0.6 is 12.2 Å². The van der Waals surface area contributed by atoms with Gasteiger partial charge in [-0.15, -0.1) is 0 Å². The summed E-state index contributed by atoms with van der Waals surface area (Å²) in [6.07, 6.45) is 1.99. The predicted molar refractivity (Wildman–Crippen MR) is 121 cm³/mol. The molecule has 1 aliphatic heterocycles. The van der Waals surface area contributed by atoms with Gasteiger partial charge in [0.25, 0.3) is 5.91 Å². The van der Waals surface area contributed by atoms with Crippen molar-refractivity contribution in [2.75, 3.05) is 13.7 Å². The van der Waals surface area contributed by atoms with Crippen LogP contribution in [0.1, 0.15) is 29.5 Å². The number of aryl methyl sites for hydroxylation is 1. The van der Waals surface area contributed by atoms with Gasteiger partial charge >= 0.3 is 5.97 Å². The molecule has 0 spiro atoms. The van der Waals surface area contributed by atoms with E-state index in [1.54, 1.807) is 25.3 Å². The van der Waals surface area contributed by atoms with E-state index < -0.39 is 5.97 Å². The van der Waals surface area contributed by atoms with Gasteiger partial charge in [0, 0.05) is 13.0 Å². The summed E-state index contributed by atoms with van der Waals surface area (Å²) >= 11 is 5.21. The van der Waals surface area contributed by atoms with Crippen molar-refractivity contribution in [1.82, 2.24) is 10.2 Å². The molecule has 1 fully saturated rings. The monoisotopic (exact) mass is 440 g/mol. The normalized spacial score (nSPS) is 14.6. The van der Waals surface area contributed by atoms with Gasteiger partial charge in [0.2, 0.25) is 0 Å². The lowest BCUT2D eigenvalue weighted by molar-refractivity contribution is -0.137. The SMILES string of the molecule is COc1cc(C=C2NC(=S)N(CCCC(=O)O)C2=O)ccc1OCc1ccc(C)cc1. The minimum atomic E-state index is -0.905. The average Bonchev–Trinajstić information content (AvgIpc) is 3.01. The number of thiocarbonyl (C=S) groups is 1. The first-order valence-electron chi connectivity index (χ1n) is 9.80. The molecule has 0 aromatic heterocycles. The van der Waals surface area contributed by atoms with E-state index in [-0.39, 0.29) is 24.0 Å². The quantitative estimate of drug-likeness (QED) is 0.456. The first-order valence-corrected chi connectivity index (χ1v) is 10.2. The highest BCUT2D eigenvalue weighted by atomic mass is 32.1. The number of carbonyl (C=O) groups excluding carboxylic acids is 1. The van der Waals surface area contributed by atoms with Crippen LogP contribution in [0.5, 0.6) is 11.5 Å². The lowest BCUT2D eigenvalue weighted by Crippen LogP contribution is -2.31. The highest BCUT2D eigenvalue weighted by Crippen LogP contribution is 2.30. The minimum absolute atomic E-state index is 0.0211. The molecule has 8 heteroatoms. The van der Waals surface area contributed by atoms with Crippen molar-refractivity contribution in [3.05, 3.63) is 64.9 Å². The maximum absolute atomic E-state index is 12.6. The van der Waals surface area contributed by atoms with Gasteiger partial charge in [-0.1, -0.05) is 35.9 Å². The van der Waals surface area contributed by atoms with Crippen molar-refractivity contribution in [2.24, 2.45) is 0 Å². The van der Waals surface area contributed by atoms with Crippen molar-refractivity contribution >= 4 is 35.3 Å². The molecular formula is C23H24N2O5S. The van der Waals surface area contributed by atoms with E-state index in [1.807, 2.05) is 37.3 Å². The van der Waals surface area contributed by atoms with E-state index in [0.29, 0.717) is 30.2 Å². The van der Waals surface area contributed by atoms with E-state index >= 15 is 0 Å². The van der Waals surface area contributed by atoms with Crippen LogP contribution in [0.2, 0.25) is 0 Å². The summed E-state index contributed by atoms with van der Waals surface area (Å²) in [6, 6.07) is 13.5. The number of hydrogen-bond donors (Lipinski definition) is 2. The van der Waals surface area contributed by atoms with E-state index in [0.717, 1.165) is 11.1 Å². The fourth-order valence-electron chi connectivity index (χ4n) is 3.07. The van der Waals surface area contributed by atoms with Gasteiger partial charge in [-0.2, -0.15) is 0 Å².